The second-order valence-corrected chi connectivity index (χ2v) is 8.64. The Hall–Kier alpha value is -5.19. The van der Waals surface area contributed by atoms with Crippen molar-refractivity contribution >= 4 is 11.6 Å². The van der Waals surface area contributed by atoms with Crippen LogP contribution in [0.25, 0.3) is 17.1 Å². The van der Waals surface area contributed by atoms with Crippen LogP contribution < -0.4 is 19.5 Å². The highest BCUT2D eigenvalue weighted by molar-refractivity contribution is 6.03. The fourth-order valence-electron chi connectivity index (χ4n) is 4.07. The van der Waals surface area contributed by atoms with Gasteiger partial charge in [-0.25, -0.2) is 9.97 Å². The molecule has 2 aromatic carbocycles. The van der Waals surface area contributed by atoms with Crippen molar-refractivity contribution in [3.8, 4) is 40.2 Å². The Bertz CT molecular complexity index is 1640. The number of hydrogen-bond donors (Lipinski definition) is 1. The number of carbonyl (C=O) groups is 1. The molecule has 0 bridgehead atoms. The van der Waals surface area contributed by atoms with E-state index in [2.05, 4.69) is 25.4 Å². The second-order valence-electron chi connectivity index (χ2n) is 8.64. The molecule has 0 fully saturated rings. The molecule has 3 heterocycles. The Morgan fingerprint density at radius 2 is 1.69 bits per heavy atom. The van der Waals surface area contributed by atoms with Crippen molar-refractivity contribution in [2.45, 2.75) is 13.8 Å². The minimum atomic E-state index is -0.307. The lowest BCUT2D eigenvalue weighted by atomic mass is 10.1. The fourth-order valence-corrected chi connectivity index (χ4v) is 4.07. The van der Waals surface area contributed by atoms with Gasteiger partial charge in [-0.15, -0.1) is 0 Å². The van der Waals surface area contributed by atoms with E-state index in [1.807, 2.05) is 23.8 Å². The van der Waals surface area contributed by atoms with Crippen molar-refractivity contribution in [2.75, 3.05) is 19.5 Å². The van der Waals surface area contributed by atoms with Gasteiger partial charge in [0.2, 0.25) is 5.88 Å². The highest BCUT2D eigenvalue weighted by Gasteiger charge is 2.18. The van der Waals surface area contributed by atoms with Crippen molar-refractivity contribution in [2.24, 2.45) is 7.05 Å². The molecule has 198 valence electrons. The number of aryl methyl sites for hydroxylation is 3. The third-order valence-electron chi connectivity index (χ3n) is 6.00. The van der Waals surface area contributed by atoms with E-state index in [1.54, 1.807) is 82.9 Å². The van der Waals surface area contributed by atoms with Crippen molar-refractivity contribution in [1.29, 1.82) is 0 Å². The number of imidazole rings is 1. The van der Waals surface area contributed by atoms with Crippen molar-refractivity contribution < 1.29 is 19.0 Å². The molecule has 0 aliphatic rings. The topological polar surface area (TPSA) is 118 Å². The number of rotatable bonds is 8. The number of hydrogen-bond acceptors (Lipinski definition) is 8. The Morgan fingerprint density at radius 3 is 2.38 bits per heavy atom. The van der Waals surface area contributed by atoms with E-state index >= 15 is 0 Å². The molecule has 5 aromatic rings. The predicted molar refractivity (Wildman–Crippen MR) is 145 cm³/mol. The molecule has 0 saturated carbocycles. The summed E-state index contributed by atoms with van der Waals surface area (Å²) in [5.41, 5.74) is 2.29. The molecular formula is C28H27N7O4. The van der Waals surface area contributed by atoms with Gasteiger partial charge in [-0.3, -0.25) is 14.0 Å². The summed E-state index contributed by atoms with van der Waals surface area (Å²) in [6.07, 6.45) is 3.54. The van der Waals surface area contributed by atoms with Crippen LogP contribution in [0.3, 0.4) is 0 Å². The largest absolute Gasteiger partial charge is 0.497 e. The summed E-state index contributed by atoms with van der Waals surface area (Å²) in [5, 5.41) is 7.41. The number of nitrogens with zero attached hydrogens (tertiary/aromatic N) is 6. The third-order valence-corrected chi connectivity index (χ3v) is 6.00. The van der Waals surface area contributed by atoms with Crippen LogP contribution in [0.4, 0.5) is 5.69 Å². The molecule has 11 nitrogen and oxygen atoms in total. The molecule has 0 saturated heterocycles. The lowest BCUT2D eigenvalue weighted by Crippen LogP contribution is -2.15. The van der Waals surface area contributed by atoms with Crippen LogP contribution in [0.5, 0.6) is 23.1 Å². The predicted octanol–water partition coefficient (Wildman–Crippen LogP) is 4.74. The summed E-state index contributed by atoms with van der Waals surface area (Å²) in [5.74, 6) is 3.99. The summed E-state index contributed by atoms with van der Waals surface area (Å²) >= 11 is 0. The zero-order valence-electron chi connectivity index (χ0n) is 22.2. The first-order valence-electron chi connectivity index (χ1n) is 12.1. The van der Waals surface area contributed by atoms with E-state index in [4.69, 9.17) is 14.2 Å². The molecule has 5 rings (SSSR count). The average molecular weight is 526 g/mol. The van der Waals surface area contributed by atoms with Gasteiger partial charge in [-0.05, 0) is 62.4 Å². The first kappa shape index (κ1) is 25.5. The van der Waals surface area contributed by atoms with Crippen LogP contribution in [-0.2, 0) is 7.05 Å². The van der Waals surface area contributed by atoms with E-state index in [0.717, 1.165) is 11.4 Å². The van der Waals surface area contributed by atoms with Gasteiger partial charge in [0.05, 0.1) is 19.9 Å². The zero-order valence-corrected chi connectivity index (χ0v) is 22.2. The quantitative estimate of drug-likeness (QED) is 0.309. The highest BCUT2D eigenvalue weighted by atomic mass is 16.5. The Kier molecular flexibility index (Phi) is 6.96. The maximum Gasteiger partial charge on any atom is 0.273 e. The highest BCUT2D eigenvalue weighted by Crippen LogP contribution is 2.33. The number of anilines is 1. The van der Waals surface area contributed by atoms with E-state index in [-0.39, 0.29) is 5.91 Å². The van der Waals surface area contributed by atoms with E-state index in [0.29, 0.717) is 51.8 Å². The molecule has 0 radical (unpaired) electrons. The Morgan fingerprint density at radius 1 is 0.923 bits per heavy atom. The molecule has 11 heteroatoms. The monoisotopic (exact) mass is 525 g/mol. The van der Waals surface area contributed by atoms with Gasteiger partial charge >= 0.3 is 0 Å². The van der Waals surface area contributed by atoms with Gasteiger partial charge < -0.3 is 19.5 Å². The smallest absolute Gasteiger partial charge is 0.273 e. The molecule has 39 heavy (non-hydrogen) atoms. The maximum absolute atomic E-state index is 13.1. The number of carbonyl (C=O) groups excluding carboxylic acids is 1. The van der Waals surface area contributed by atoms with Crippen LogP contribution in [0.15, 0.2) is 67.0 Å². The fraction of sp³-hybridized carbons (Fsp3) is 0.179. The average Bonchev–Trinajstić information content (AvgIpc) is 3.54. The van der Waals surface area contributed by atoms with Crippen LogP contribution in [-0.4, -0.2) is 49.4 Å². The standard InChI is InChI=1S/C28H27N7O4/c1-17-30-26(35-13-12-29-18(35)2)16-27(31-17)39-20-8-6-19(7-9-20)32-28(36)24-15-23(33-34(24)3)22-14-21(37-4)10-11-25(22)38-5/h6-16H,1-5H3,(H,32,36). The summed E-state index contributed by atoms with van der Waals surface area (Å²) in [6.45, 7) is 3.70. The third kappa shape index (κ3) is 5.42. The number of amides is 1. The number of ether oxygens (including phenoxy) is 3. The van der Waals surface area contributed by atoms with Crippen molar-refractivity contribution in [3.05, 3.63) is 84.3 Å². The molecular weight excluding hydrogens is 498 g/mol. The first-order chi connectivity index (χ1) is 18.8. The Balaban J connectivity index is 1.30. The zero-order chi connectivity index (χ0) is 27.5. The molecule has 0 aliphatic heterocycles. The first-order valence-corrected chi connectivity index (χ1v) is 12.1. The number of methoxy groups -OCH3 is 2. The van der Waals surface area contributed by atoms with Gasteiger partial charge in [0, 0.05) is 36.8 Å². The lowest BCUT2D eigenvalue weighted by Gasteiger charge is -2.10. The summed E-state index contributed by atoms with van der Waals surface area (Å²) < 4.78 is 20.1. The van der Waals surface area contributed by atoms with Crippen LogP contribution in [0.2, 0.25) is 0 Å². The molecule has 0 aliphatic carbocycles. The molecule has 0 atom stereocenters. The van der Waals surface area contributed by atoms with E-state index in [9.17, 15) is 4.79 Å². The van der Waals surface area contributed by atoms with Gasteiger partial charge in [-0.1, -0.05) is 0 Å². The van der Waals surface area contributed by atoms with Gasteiger partial charge in [0.1, 0.15) is 40.4 Å². The SMILES string of the molecule is COc1ccc(OC)c(-c2cc(C(=O)Nc3ccc(Oc4cc(-n5ccnc5C)nc(C)n4)cc3)n(C)n2)c1. The maximum atomic E-state index is 13.1. The number of nitrogens with one attached hydrogen (secondary N) is 1. The Labute approximate surface area is 225 Å². The van der Waals surface area contributed by atoms with Gasteiger partial charge in [0.25, 0.3) is 5.91 Å². The van der Waals surface area contributed by atoms with E-state index in [1.165, 1.54) is 4.68 Å². The van der Waals surface area contributed by atoms with Crippen LogP contribution in [0.1, 0.15) is 22.1 Å². The minimum absolute atomic E-state index is 0.307. The summed E-state index contributed by atoms with van der Waals surface area (Å²) in [7, 11) is 4.89. The van der Waals surface area contributed by atoms with E-state index < -0.39 is 0 Å². The number of benzene rings is 2. The molecule has 0 spiro atoms. The van der Waals surface area contributed by atoms with Gasteiger partial charge in [-0.2, -0.15) is 10.1 Å². The molecule has 1 N–H and O–H groups in total. The van der Waals surface area contributed by atoms with Gasteiger partial charge in [0.15, 0.2) is 0 Å². The van der Waals surface area contributed by atoms with Crippen molar-refractivity contribution in [1.82, 2.24) is 29.3 Å². The summed E-state index contributed by atoms with van der Waals surface area (Å²) in [6, 6.07) is 15.9. The number of aromatic nitrogens is 6. The molecule has 3 aromatic heterocycles. The lowest BCUT2D eigenvalue weighted by molar-refractivity contribution is 0.101. The molecule has 1 amide bonds. The van der Waals surface area contributed by atoms with Crippen molar-refractivity contribution in [3.63, 3.8) is 0 Å². The van der Waals surface area contributed by atoms with Crippen LogP contribution in [0, 0.1) is 13.8 Å². The second kappa shape index (κ2) is 10.7. The summed E-state index contributed by atoms with van der Waals surface area (Å²) in [4.78, 5) is 26.1. The minimum Gasteiger partial charge on any atom is -0.497 e. The van der Waals surface area contributed by atoms with Crippen LogP contribution >= 0.6 is 0 Å². The molecule has 0 unspecified atom stereocenters. The normalized spacial score (nSPS) is 10.8.